The van der Waals surface area contributed by atoms with Crippen molar-refractivity contribution in [3.05, 3.63) is 51.9 Å². The van der Waals surface area contributed by atoms with Gasteiger partial charge in [-0.2, -0.15) is 0 Å². The maximum Gasteiger partial charge on any atom is 0.272 e. The number of aromatic amines is 1. The molecule has 0 bridgehead atoms. The normalized spacial score (nSPS) is 10.9. The zero-order valence-corrected chi connectivity index (χ0v) is 11.6. The minimum absolute atomic E-state index is 0.109. The molecule has 3 aromatic rings. The predicted octanol–water partition coefficient (Wildman–Crippen LogP) is 2.34. The lowest BCUT2D eigenvalue weighted by molar-refractivity contribution is 0.415. The van der Waals surface area contributed by atoms with Crippen LogP contribution in [0.25, 0.3) is 16.7 Å². The minimum atomic E-state index is -0.109. The molecule has 0 aliphatic rings. The van der Waals surface area contributed by atoms with Crippen molar-refractivity contribution in [3.63, 3.8) is 0 Å². The topological polar surface area (TPSA) is 59.9 Å². The number of aromatic nitrogens is 3. The predicted molar refractivity (Wildman–Crippen MR) is 77.7 cm³/mol. The van der Waals surface area contributed by atoms with Crippen LogP contribution in [0.1, 0.15) is 11.3 Å². The number of benzene rings is 1. The Balaban J connectivity index is 2.25. The van der Waals surface area contributed by atoms with Crippen LogP contribution in [-0.2, 0) is 0 Å². The van der Waals surface area contributed by atoms with Crippen LogP contribution in [-0.4, -0.2) is 21.9 Å². The number of H-pyrrole nitrogens is 1. The second-order valence-corrected chi connectivity index (χ2v) is 4.79. The van der Waals surface area contributed by atoms with E-state index in [-0.39, 0.29) is 5.56 Å². The molecule has 2 heterocycles. The lowest BCUT2D eigenvalue weighted by Crippen LogP contribution is -2.15. The molecule has 0 atom stereocenters. The number of aryl methyl sites for hydroxylation is 2. The molecule has 0 radical (unpaired) electrons. The van der Waals surface area contributed by atoms with Gasteiger partial charge in [0, 0.05) is 17.1 Å². The molecular formula is C15H15N3O2. The van der Waals surface area contributed by atoms with E-state index >= 15 is 0 Å². The fraction of sp³-hybridized carbons (Fsp3) is 0.200. The smallest absolute Gasteiger partial charge is 0.272 e. The Morgan fingerprint density at radius 1 is 1.20 bits per heavy atom. The minimum Gasteiger partial charge on any atom is -0.497 e. The molecule has 20 heavy (non-hydrogen) atoms. The van der Waals surface area contributed by atoms with Gasteiger partial charge in [0.15, 0.2) is 5.82 Å². The molecule has 0 unspecified atom stereocenters. The first-order valence-corrected chi connectivity index (χ1v) is 6.33. The van der Waals surface area contributed by atoms with E-state index in [4.69, 9.17) is 4.74 Å². The van der Waals surface area contributed by atoms with Gasteiger partial charge in [0.05, 0.1) is 12.6 Å². The summed E-state index contributed by atoms with van der Waals surface area (Å²) in [6.07, 6.45) is 0. The Hall–Kier alpha value is -2.56. The summed E-state index contributed by atoms with van der Waals surface area (Å²) in [5, 5.41) is 4.01. The Labute approximate surface area is 115 Å². The second kappa shape index (κ2) is 4.52. The Morgan fingerprint density at radius 2 is 2.00 bits per heavy atom. The van der Waals surface area contributed by atoms with Crippen molar-refractivity contribution in [2.75, 3.05) is 7.11 Å². The molecule has 0 aliphatic heterocycles. The fourth-order valence-corrected chi connectivity index (χ4v) is 2.28. The van der Waals surface area contributed by atoms with Crippen LogP contribution in [0.5, 0.6) is 5.75 Å². The maximum absolute atomic E-state index is 11.9. The van der Waals surface area contributed by atoms with E-state index in [9.17, 15) is 4.79 Å². The first kappa shape index (κ1) is 12.5. The van der Waals surface area contributed by atoms with Gasteiger partial charge in [-0.1, -0.05) is 0 Å². The molecule has 0 fully saturated rings. The van der Waals surface area contributed by atoms with Crippen LogP contribution in [0.2, 0.25) is 0 Å². The van der Waals surface area contributed by atoms with E-state index in [1.807, 2.05) is 38.1 Å². The zero-order valence-electron chi connectivity index (χ0n) is 11.6. The van der Waals surface area contributed by atoms with E-state index in [0.717, 1.165) is 27.9 Å². The monoisotopic (exact) mass is 269 g/mol. The summed E-state index contributed by atoms with van der Waals surface area (Å²) in [5.41, 5.74) is 2.58. The third-order valence-corrected chi connectivity index (χ3v) is 3.29. The van der Waals surface area contributed by atoms with Gasteiger partial charge < -0.3 is 4.74 Å². The summed E-state index contributed by atoms with van der Waals surface area (Å²) in [6.45, 7) is 3.84. The third kappa shape index (κ3) is 1.97. The second-order valence-electron chi connectivity index (χ2n) is 4.79. The first-order chi connectivity index (χ1) is 9.58. The van der Waals surface area contributed by atoms with Crippen LogP contribution in [0.15, 0.2) is 35.1 Å². The summed E-state index contributed by atoms with van der Waals surface area (Å²) in [7, 11) is 1.64. The third-order valence-electron chi connectivity index (χ3n) is 3.29. The Morgan fingerprint density at radius 3 is 2.65 bits per heavy atom. The van der Waals surface area contributed by atoms with E-state index in [1.54, 1.807) is 13.2 Å². The van der Waals surface area contributed by atoms with Crippen molar-refractivity contribution in [2.24, 2.45) is 0 Å². The molecule has 5 nitrogen and oxygen atoms in total. The molecule has 0 saturated heterocycles. The van der Waals surface area contributed by atoms with Crippen molar-refractivity contribution < 1.29 is 4.74 Å². The summed E-state index contributed by atoms with van der Waals surface area (Å²) in [5.74, 6) is 1.39. The lowest BCUT2D eigenvalue weighted by Gasteiger charge is -2.08. The van der Waals surface area contributed by atoms with Gasteiger partial charge in [0.25, 0.3) is 5.56 Å². The van der Waals surface area contributed by atoms with Crippen molar-refractivity contribution >= 4 is 10.9 Å². The zero-order chi connectivity index (χ0) is 14.3. The van der Waals surface area contributed by atoms with Crippen LogP contribution < -0.4 is 10.3 Å². The number of nitrogens with zero attached hydrogens (tertiary/aromatic N) is 2. The average Bonchev–Trinajstić information content (AvgIpc) is 2.77. The van der Waals surface area contributed by atoms with Crippen LogP contribution >= 0.6 is 0 Å². The molecule has 0 aliphatic carbocycles. The van der Waals surface area contributed by atoms with Crippen molar-refractivity contribution in [2.45, 2.75) is 13.8 Å². The molecule has 0 saturated carbocycles. The number of pyridine rings is 1. The Bertz CT molecular complexity index is 846. The number of rotatable bonds is 2. The van der Waals surface area contributed by atoms with Gasteiger partial charge in [-0.25, -0.2) is 9.67 Å². The summed E-state index contributed by atoms with van der Waals surface area (Å²) < 4.78 is 6.68. The molecule has 3 rings (SSSR count). The Kier molecular flexibility index (Phi) is 2.82. The van der Waals surface area contributed by atoms with Gasteiger partial charge in [0.1, 0.15) is 5.75 Å². The van der Waals surface area contributed by atoms with Crippen molar-refractivity contribution in [1.29, 1.82) is 0 Å². The van der Waals surface area contributed by atoms with Crippen LogP contribution in [0.3, 0.4) is 0 Å². The van der Waals surface area contributed by atoms with Crippen LogP contribution in [0, 0.1) is 13.8 Å². The SMILES string of the molecule is COc1ccc2nc(-n3[nH]c(C)cc3=O)cc(C)c2c1. The molecule has 2 aromatic heterocycles. The van der Waals surface area contributed by atoms with E-state index < -0.39 is 0 Å². The quantitative estimate of drug-likeness (QED) is 0.776. The van der Waals surface area contributed by atoms with Gasteiger partial charge in [-0.15, -0.1) is 0 Å². The highest BCUT2D eigenvalue weighted by molar-refractivity contribution is 5.84. The summed E-state index contributed by atoms with van der Waals surface area (Å²) >= 11 is 0. The highest BCUT2D eigenvalue weighted by atomic mass is 16.5. The lowest BCUT2D eigenvalue weighted by atomic mass is 10.1. The van der Waals surface area contributed by atoms with Gasteiger partial charge in [-0.3, -0.25) is 9.89 Å². The number of nitrogens with one attached hydrogen (secondary N) is 1. The largest absolute Gasteiger partial charge is 0.497 e. The molecule has 5 heteroatoms. The number of fused-ring (bicyclic) bond motifs is 1. The highest BCUT2D eigenvalue weighted by Gasteiger charge is 2.08. The highest BCUT2D eigenvalue weighted by Crippen LogP contribution is 2.23. The maximum atomic E-state index is 11.9. The molecule has 1 aromatic carbocycles. The molecule has 0 amide bonds. The molecule has 0 spiro atoms. The molecule has 102 valence electrons. The average molecular weight is 269 g/mol. The van der Waals surface area contributed by atoms with Gasteiger partial charge in [0.2, 0.25) is 0 Å². The number of hydrogen-bond donors (Lipinski definition) is 1. The van der Waals surface area contributed by atoms with Crippen molar-refractivity contribution in [3.8, 4) is 11.6 Å². The summed E-state index contributed by atoms with van der Waals surface area (Å²) in [4.78, 5) is 16.4. The molecular weight excluding hydrogens is 254 g/mol. The van der Waals surface area contributed by atoms with Gasteiger partial charge >= 0.3 is 0 Å². The molecule has 1 N–H and O–H groups in total. The first-order valence-electron chi connectivity index (χ1n) is 6.33. The van der Waals surface area contributed by atoms with E-state index in [1.165, 1.54) is 4.68 Å². The van der Waals surface area contributed by atoms with Crippen molar-refractivity contribution in [1.82, 2.24) is 14.8 Å². The number of hydrogen-bond acceptors (Lipinski definition) is 3. The van der Waals surface area contributed by atoms with Crippen LogP contribution in [0.4, 0.5) is 0 Å². The number of ether oxygens (including phenoxy) is 1. The fourth-order valence-electron chi connectivity index (χ4n) is 2.28. The number of methoxy groups -OCH3 is 1. The van der Waals surface area contributed by atoms with E-state index in [2.05, 4.69) is 10.1 Å². The van der Waals surface area contributed by atoms with E-state index in [0.29, 0.717) is 5.82 Å². The summed E-state index contributed by atoms with van der Waals surface area (Å²) in [6, 6.07) is 9.14. The van der Waals surface area contributed by atoms with Gasteiger partial charge in [-0.05, 0) is 43.7 Å². The standard InChI is InChI=1S/C15H15N3O2/c1-9-6-14(18-15(19)7-10(2)17-18)16-13-5-4-11(20-3)8-12(9)13/h4-8,17H,1-3H3.